The van der Waals surface area contributed by atoms with Crippen LogP contribution in [0.5, 0.6) is 11.5 Å². The first-order chi connectivity index (χ1) is 11.0. The molecule has 0 radical (unpaired) electrons. The fourth-order valence-corrected chi connectivity index (χ4v) is 1.84. The molecule has 0 aliphatic rings. The first-order valence-electron chi connectivity index (χ1n) is 6.73. The number of Topliss-reactive ketones (excluding diaryl/α,β-unsaturated/α-hetero) is 2. The minimum atomic E-state index is -0.792. The lowest BCUT2D eigenvalue weighted by Gasteiger charge is -1.98. The molecule has 2 aromatic rings. The van der Waals surface area contributed by atoms with Crippen molar-refractivity contribution in [1.82, 2.24) is 0 Å². The number of aryl methyl sites for hydroxylation is 2. The van der Waals surface area contributed by atoms with E-state index in [4.69, 9.17) is 10.2 Å². The highest BCUT2D eigenvalue weighted by Crippen LogP contribution is 2.15. The van der Waals surface area contributed by atoms with Crippen molar-refractivity contribution in [3.05, 3.63) is 55.6 Å². The van der Waals surface area contributed by atoms with Crippen LogP contribution in [0, 0.1) is 13.8 Å². The lowest BCUT2D eigenvalue weighted by atomic mass is 10.2. The molecule has 0 unspecified atom stereocenters. The Labute approximate surface area is 136 Å². The van der Waals surface area contributed by atoms with Crippen molar-refractivity contribution in [3.63, 3.8) is 0 Å². The van der Waals surface area contributed by atoms with E-state index in [2.05, 4.69) is 8.83 Å². The van der Waals surface area contributed by atoms with Crippen molar-refractivity contribution >= 4 is 11.6 Å². The molecular formula is C16H16O8. The van der Waals surface area contributed by atoms with Crippen molar-refractivity contribution in [1.29, 1.82) is 0 Å². The molecule has 0 amide bonds. The molecule has 0 bridgehead atoms. The summed E-state index contributed by atoms with van der Waals surface area (Å²) in [6, 6.07) is 2.47. The fraction of sp³-hybridized carbons (Fsp3) is 0.250. The van der Waals surface area contributed by atoms with E-state index in [1.54, 1.807) is 0 Å². The van der Waals surface area contributed by atoms with Crippen LogP contribution in [0.4, 0.5) is 0 Å². The number of ketones is 2. The first kappa shape index (κ1) is 18.9. The quantitative estimate of drug-likeness (QED) is 0.791. The van der Waals surface area contributed by atoms with Gasteiger partial charge < -0.3 is 19.0 Å². The van der Waals surface area contributed by atoms with E-state index in [0.717, 1.165) is 0 Å². The molecule has 8 nitrogen and oxygen atoms in total. The number of aromatic hydroxyl groups is 2. The van der Waals surface area contributed by atoms with Crippen LogP contribution < -0.4 is 11.3 Å². The third-order valence-corrected chi connectivity index (χ3v) is 2.81. The zero-order chi connectivity index (χ0) is 18.6. The Bertz CT molecular complexity index is 826. The minimum Gasteiger partial charge on any atom is -0.507 e. The lowest BCUT2D eigenvalue weighted by Crippen LogP contribution is -2.11. The van der Waals surface area contributed by atoms with Gasteiger partial charge in [-0.15, -0.1) is 0 Å². The number of hydrogen-bond acceptors (Lipinski definition) is 8. The molecule has 0 aliphatic heterocycles. The van der Waals surface area contributed by atoms with Crippen LogP contribution in [0.1, 0.15) is 46.1 Å². The maximum Gasteiger partial charge on any atom is 0.350 e. The normalized spacial score (nSPS) is 9.83. The lowest BCUT2D eigenvalue weighted by molar-refractivity contribution is 0.0997. The van der Waals surface area contributed by atoms with E-state index in [1.165, 1.54) is 39.8 Å². The molecular weight excluding hydrogens is 320 g/mol. The first-order valence-corrected chi connectivity index (χ1v) is 6.73. The summed E-state index contributed by atoms with van der Waals surface area (Å²) in [7, 11) is 0. The van der Waals surface area contributed by atoms with Crippen molar-refractivity contribution < 1.29 is 28.6 Å². The summed E-state index contributed by atoms with van der Waals surface area (Å²) in [6.45, 7) is 5.43. The van der Waals surface area contributed by atoms with Gasteiger partial charge in [0.1, 0.15) is 34.1 Å². The number of hydrogen-bond donors (Lipinski definition) is 2. The van der Waals surface area contributed by atoms with Gasteiger partial charge in [0.05, 0.1) is 0 Å². The van der Waals surface area contributed by atoms with Gasteiger partial charge in [0.2, 0.25) is 0 Å². The second-order valence-corrected chi connectivity index (χ2v) is 4.92. The maximum atomic E-state index is 11.0. The molecule has 0 saturated carbocycles. The highest BCUT2D eigenvalue weighted by molar-refractivity contribution is 5.96. The Morgan fingerprint density at radius 1 is 0.792 bits per heavy atom. The van der Waals surface area contributed by atoms with E-state index in [0.29, 0.717) is 0 Å². The molecule has 0 saturated heterocycles. The van der Waals surface area contributed by atoms with Crippen molar-refractivity contribution in [2.24, 2.45) is 0 Å². The summed E-state index contributed by atoms with van der Waals surface area (Å²) in [5.41, 5.74) is -2.17. The Morgan fingerprint density at radius 3 is 1.29 bits per heavy atom. The maximum absolute atomic E-state index is 11.0. The summed E-state index contributed by atoms with van der Waals surface area (Å²) >= 11 is 0. The highest BCUT2D eigenvalue weighted by atomic mass is 16.4. The van der Waals surface area contributed by atoms with Crippen LogP contribution in [-0.4, -0.2) is 21.8 Å². The molecule has 0 fully saturated rings. The molecule has 2 N–H and O–H groups in total. The molecule has 24 heavy (non-hydrogen) atoms. The Hall–Kier alpha value is -3.16. The Morgan fingerprint density at radius 2 is 1.08 bits per heavy atom. The highest BCUT2D eigenvalue weighted by Gasteiger charge is 2.14. The number of carbonyl (C=O) groups is 2. The van der Waals surface area contributed by atoms with Gasteiger partial charge >= 0.3 is 11.3 Å². The predicted octanol–water partition coefficient (Wildman–Crippen LogP) is 1.71. The van der Waals surface area contributed by atoms with Crippen molar-refractivity contribution in [2.75, 3.05) is 0 Å². The van der Waals surface area contributed by atoms with Gasteiger partial charge in [0, 0.05) is 12.1 Å². The zero-order valence-electron chi connectivity index (χ0n) is 13.5. The molecule has 8 heteroatoms. The third-order valence-electron chi connectivity index (χ3n) is 2.81. The van der Waals surface area contributed by atoms with E-state index in [1.807, 2.05) is 0 Å². The van der Waals surface area contributed by atoms with E-state index in [9.17, 15) is 19.2 Å². The topological polar surface area (TPSA) is 135 Å². The molecule has 0 spiro atoms. The summed E-state index contributed by atoms with van der Waals surface area (Å²) in [5.74, 6) is -1.08. The summed E-state index contributed by atoms with van der Waals surface area (Å²) < 4.78 is 9.23. The van der Waals surface area contributed by atoms with E-state index < -0.39 is 22.8 Å². The molecule has 2 heterocycles. The predicted molar refractivity (Wildman–Crippen MR) is 82.8 cm³/mol. The van der Waals surface area contributed by atoms with Crippen molar-refractivity contribution in [2.45, 2.75) is 27.7 Å². The standard InChI is InChI=1S/2C8H8O4/c2*1-4-3-6(10)7(5(2)9)8(11)12-4/h2*3,10H,1-2H3. The number of carbonyl (C=O) groups excluding carboxylic acids is 2. The smallest absolute Gasteiger partial charge is 0.350 e. The summed E-state index contributed by atoms with van der Waals surface area (Å²) in [5, 5.41) is 18.3. The molecule has 0 aromatic carbocycles. The summed E-state index contributed by atoms with van der Waals surface area (Å²) in [6.07, 6.45) is 0. The SMILES string of the molecule is CC(=O)c1c(O)cc(C)oc1=O.CC(=O)c1c(O)cc(C)oc1=O. The van der Waals surface area contributed by atoms with Gasteiger partial charge in [-0.25, -0.2) is 9.59 Å². The molecule has 2 rings (SSSR count). The molecule has 128 valence electrons. The van der Waals surface area contributed by atoms with Crippen LogP contribution in [-0.2, 0) is 0 Å². The van der Waals surface area contributed by atoms with Gasteiger partial charge in [0.25, 0.3) is 0 Å². The average molecular weight is 336 g/mol. The van der Waals surface area contributed by atoms with Crippen molar-refractivity contribution in [3.8, 4) is 11.5 Å². The van der Waals surface area contributed by atoms with Gasteiger partial charge in [-0.1, -0.05) is 0 Å². The zero-order valence-corrected chi connectivity index (χ0v) is 13.5. The second kappa shape index (κ2) is 7.40. The number of rotatable bonds is 2. The average Bonchev–Trinajstić information content (AvgIpc) is 2.35. The van der Waals surface area contributed by atoms with Crippen LogP contribution in [0.3, 0.4) is 0 Å². The largest absolute Gasteiger partial charge is 0.507 e. The van der Waals surface area contributed by atoms with E-state index in [-0.39, 0.29) is 34.1 Å². The fourth-order valence-electron chi connectivity index (χ4n) is 1.84. The van der Waals surface area contributed by atoms with Crippen LogP contribution in [0.15, 0.2) is 30.6 Å². The van der Waals surface area contributed by atoms with Crippen LogP contribution in [0.2, 0.25) is 0 Å². The third kappa shape index (κ3) is 4.42. The van der Waals surface area contributed by atoms with Crippen LogP contribution in [0.25, 0.3) is 0 Å². The Balaban J connectivity index is 0.000000240. The summed E-state index contributed by atoms with van der Waals surface area (Å²) in [4.78, 5) is 43.5. The van der Waals surface area contributed by atoms with E-state index >= 15 is 0 Å². The molecule has 0 atom stereocenters. The van der Waals surface area contributed by atoms with Gasteiger partial charge in [-0.05, 0) is 27.7 Å². The van der Waals surface area contributed by atoms with Gasteiger partial charge in [-0.2, -0.15) is 0 Å². The molecule has 0 aliphatic carbocycles. The van der Waals surface area contributed by atoms with Gasteiger partial charge in [0.15, 0.2) is 11.6 Å². The molecule has 2 aromatic heterocycles. The van der Waals surface area contributed by atoms with Gasteiger partial charge in [-0.3, -0.25) is 9.59 Å². The monoisotopic (exact) mass is 336 g/mol. The Kier molecular flexibility index (Phi) is 5.83. The van der Waals surface area contributed by atoms with Crippen LogP contribution >= 0.6 is 0 Å². The minimum absolute atomic E-state index is 0.280. The second-order valence-electron chi connectivity index (χ2n) is 4.92.